The van der Waals surface area contributed by atoms with Crippen molar-refractivity contribution in [3.05, 3.63) is 71.5 Å². The fourth-order valence-corrected chi connectivity index (χ4v) is 6.16. The van der Waals surface area contributed by atoms with Crippen LogP contribution in [0, 0.1) is 5.82 Å². The van der Waals surface area contributed by atoms with E-state index >= 15 is 0 Å². The Labute approximate surface area is 176 Å². The molecule has 2 aromatic carbocycles. The van der Waals surface area contributed by atoms with Gasteiger partial charge in [-0.1, -0.05) is 36.4 Å². The van der Waals surface area contributed by atoms with Crippen molar-refractivity contribution in [1.29, 1.82) is 0 Å². The number of aliphatic imine (C=N–C) groups is 1. The van der Waals surface area contributed by atoms with E-state index in [0.717, 1.165) is 12.8 Å². The van der Waals surface area contributed by atoms with Gasteiger partial charge in [-0.25, -0.2) is 18.0 Å². The van der Waals surface area contributed by atoms with Crippen molar-refractivity contribution in [3.8, 4) is 0 Å². The lowest BCUT2D eigenvalue weighted by molar-refractivity contribution is 0.0974. The molecule has 8 heteroatoms. The van der Waals surface area contributed by atoms with Crippen LogP contribution in [0.1, 0.15) is 42.1 Å². The topological polar surface area (TPSA) is 74.1 Å². The Morgan fingerprint density at radius 3 is 2.63 bits per heavy atom. The van der Waals surface area contributed by atoms with Gasteiger partial charge >= 0.3 is 0 Å². The highest BCUT2D eigenvalue weighted by Gasteiger charge is 2.38. The largest absolute Gasteiger partial charge is 0.292 e. The minimum Gasteiger partial charge on any atom is -0.292 e. The molecule has 1 N–H and O–H groups in total. The summed E-state index contributed by atoms with van der Waals surface area (Å²) in [7, 11) is -2.78. The van der Waals surface area contributed by atoms with Crippen LogP contribution < -0.4 is 5.32 Å². The molecular weight excluding hydrogens is 403 g/mol. The molecule has 0 unspecified atom stereocenters. The summed E-state index contributed by atoms with van der Waals surface area (Å²) in [5.41, 5.74) is -0.0936. The molecule has 158 valence electrons. The van der Waals surface area contributed by atoms with Crippen molar-refractivity contribution in [2.75, 3.05) is 18.8 Å². The van der Waals surface area contributed by atoms with E-state index in [9.17, 15) is 13.4 Å². The molecule has 2 atom stereocenters. The van der Waals surface area contributed by atoms with E-state index in [1.807, 2.05) is 13.0 Å². The van der Waals surface area contributed by atoms with Gasteiger partial charge < -0.3 is 0 Å². The number of carbonyl (C=O) groups is 1. The van der Waals surface area contributed by atoms with Crippen LogP contribution in [-0.2, 0) is 15.5 Å². The normalized spacial score (nSPS) is 26.5. The van der Waals surface area contributed by atoms with Gasteiger partial charge in [0, 0.05) is 17.7 Å². The molecule has 2 heterocycles. The van der Waals surface area contributed by atoms with E-state index in [2.05, 4.69) is 9.68 Å². The van der Waals surface area contributed by atoms with Gasteiger partial charge in [-0.3, -0.25) is 14.4 Å². The highest BCUT2D eigenvalue weighted by molar-refractivity contribution is 7.91. The Bertz CT molecular complexity index is 1100. The van der Waals surface area contributed by atoms with E-state index in [0.29, 0.717) is 30.6 Å². The number of benzene rings is 2. The second-order valence-corrected chi connectivity index (χ2v) is 10.1. The number of amides is 1. The molecule has 30 heavy (non-hydrogen) atoms. The summed E-state index contributed by atoms with van der Waals surface area (Å²) in [6.07, 6.45) is 1.98. The first-order valence-corrected chi connectivity index (χ1v) is 11.7. The maximum atomic E-state index is 14.7. The van der Waals surface area contributed by atoms with Gasteiger partial charge in [0.25, 0.3) is 5.91 Å². The number of rotatable bonds is 2. The smallest absolute Gasteiger partial charge is 0.257 e. The highest BCUT2D eigenvalue weighted by Crippen LogP contribution is 2.35. The van der Waals surface area contributed by atoms with Crippen molar-refractivity contribution in [2.45, 2.75) is 31.7 Å². The molecule has 6 nitrogen and oxygen atoms in total. The number of nitrogens with zero attached hydrogens (tertiary/aromatic N) is 3. The van der Waals surface area contributed by atoms with Gasteiger partial charge in [-0.2, -0.15) is 0 Å². The number of carbonyl (C=O) groups excluding carboxylic acids is 1. The molecule has 1 amide bonds. The Balaban J connectivity index is 1.81. The van der Waals surface area contributed by atoms with Crippen LogP contribution in [0.3, 0.4) is 0 Å². The molecule has 0 saturated heterocycles. The predicted molar refractivity (Wildman–Crippen MR) is 116 cm³/mol. The summed E-state index contributed by atoms with van der Waals surface area (Å²) in [4.78, 5) is 17.7. The Morgan fingerprint density at radius 1 is 1.13 bits per heavy atom. The van der Waals surface area contributed by atoms with Gasteiger partial charge in [-0.15, -0.1) is 0 Å². The molecule has 0 saturated carbocycles. The molecule has 4 rings (SSSR count). The van der Waals surface area contributed by atoms with Gasteiger partial charge in [0.05, 0.1) is 17.8 Å². The van der Waals surface area contributed by atoms with E-state index in [1.54, 1.807) is 46.8 Å². The molecule has 0 radical (unpaired) electrons. The fraction of sp³-hybridized carbons (Fsp3) is 0.364. The van der Waals surface area contributed by atoms with E-state index < -0.39 is 15.5 Å². The third kappa shape index (κ3) is 3.96. The van der Waals surface area contributed by atoms with Gasteiger partial charge in [-0.05, 0) is 44.4 Å². The summed E-state index contributed by atoms with van der Waals surface area (Å²) in [5.74, 6) is -0.270. The zero-order valence-corrected chi connectivity index (χ0v) is 17.7. The number of hydrogen-bond acceptors (Lipinski definition) is 4. The van der Waals surface area contributed by atoms with E-state index in [-0.39, 0.29) is 23.4 Å². The Kier molecular flexibility index (Phi) is 5.60. The lowest BCUT2D eigenvalue weighted by Gasteiger charge is -2.27. The molecule has 0 aliphatic carbocycles. The number of guanidine groups is 1. The molecule has 0 spiro atoms. The maximum absolute atomic E-state index is 14.7. The quantitative estimate of drug-likeness (QED) is 0.792. The van der Waals surface area contributed by atoms with Crippen molar-refractivity contribution in [3.63, 3.8) is 0 Å². The lowest BCUT2D eigenvalue weighted by Crippen LogP contribution is -2.47. The van der Waals surface area contributed by atoms with Crippen LogP contribution in [0.2, 0.25) is 0 Å². The van der Waals surface area contributed by atoms with E-state index in [1.165, 1.54) is 6.07 Å². The number of hydrogen-bond donors (Lipinski definition) is 1. The zero-order valence-electron chi connectivity index (χ0n) is 16.9. The molecule has 0 fully saturated rings. The van der Waals surface area contributed by atoms with Gasteiger partial charge in [0.1, 0.15) is 15.7 Å². The van der Waals surface area contributed by atoms with Crippen LogP contribution in [0.15, 0.2) is 64.0 Å². The zero-order chi connectivity index (χ0) is 21.2. The molecule has 2 aliphatic heterocycles. The monoisotopic (exact) mass is 428 g/mol. The molecule has 2 aliphatic rings. The Hall–Kier alpha value is -2.74. The third-order valence-corrected chi connectivity index (χ3v) is 7.93. The molecule has 2 aromatic rings. The first-order valence-electron chi connectivity index (χ1n) is 10.1. The van der Waals surface area contributed by atoms with Crippen LogP contribution in [0.5, 0.6) is 0 Å². The fourth-order valence-electron chi connectivity index (χ4n) is 3.83. The molecule has 0 bridgehead atoms. The SMILES string of the molecule is C[C@@]1(c2ccccc2F)CC[S@]2(=O)=NCCCCN2C(NC(=O)c2ccccc2)=N1. The average molecular weight is 429 g/mol. The standard InChI is InChI=1S/C22H25FN4O2S/c1-22(18-11-5-6-12-19(18)23)13-16-30(29)24-14-7-8-15-27(30)21(26-22)25-20(28)17-9-3-2-4-10-17/h2-6,9-12H,7-8,13-16H2,1H3,(H,25,26,28)/t22-,30-/m0/s1. The van der Waals surface area contributed by atoms with Crippen molar-refractivity contribution >= 4 is 21.8 Å². The first-order chi connectivity index (χ1) is 14.4. The summed E-state index contributed by atoms with van der Waals surface area (Å²) < 4.78 is 34.6. The molecular formula is C22H25FN4O2S. The highest BCUT2D eigenvalue weighted by atomic mass is 32.2. The number of halogens is 1. The van der Waals surface area contributed by atoms with E-state index in [4.69, 9.17) is 4.99 Å². The average Bonchev–Trinajstić information content (AvgIpc) is 2.99. The summed E-state index contributed by atoms with van der Waals surface area (Å²) in [6.45, 7) is 2.80. The minimum atomic E-state index is -2.78. The molecule has 0 aromatic heterocycles. The number of nitrogens with one attached hydrogen (secondary N) is 1. The van der Waals surface area contributed by atoms with Crippen LogP contribution >= 0.6 is 0 Å². The van der Waals surface area contributed by atoms with Gasteiger partial charge in [0.2, 0.25) is 5.96 Å². The first kappa shape index (κ1) is 20.5. The summed E-state index contributed by atoms with van der Waals surface area (Å²) >= 11 is 0. The van der Waals surface area contributed by atoms with Crippen molar-refractivity contribution in [2.24, 2.45) is 9.36 Å². The predicted octanol–water partition coefficient (Wildman–Crippen LogP) is 3.71. The van der Waals surface area contributed by atoms with Crippen molar-refractivity contribution in [1.82, 2.24) is 9.62 Å². The summed E-state index contributed by atoms with van der Waals surface area (Å²) in [6, 6.07) is 15.3. The second kappa shape index (κ2) is 8.18. The lowest BCUT2D eigenvalue weighted by atomic mass is 9.89. The Morgan fingerprint density at radius 2 is 1.87 bits per heavy atom. The van der Waals surface area contributed by atoms with Crippen LogP contribution in [0.4, 0.5) is 4.39 Å². The second-order valence-electron chi connectivity index (χ2n) is 7.73. The maximum Gasteiger partial charge on any atom is 0.257 e. The minimum absolute atomic E-state index is 0.197. The van der Waals surface area contributed by atoms with Crippen LogP contribution in [0.25, 0.3) is 0 Å². The third-order valence-electron chi connectivity index (χ3n) is 5.57. The van der Waals surface area contributed by atoms with Gasteiger partial charge in [0.15, 0.2) is 0 Å². The van der Waals surface area contributed by atoms with Crippen molar-refractivity contribution < 1.29 is 13.4 Å². The number of fused-ring (bicyclic) bond motifs is 1. The summed E-state index contributed by atoms with van der Waals surface area (Å²) in [5, 5.41) is 2.85. The van der Waals surface area contributed by atoms with Crippen LogP contribution in [-0.4, -0.2) is 39.2 Å².